The molecule has 1 aromatic carbocycles. The van der Waals surface area contributed by atoms with Crippen LogP contribution in [0.5, 0.6) is 0 Å². The van der Waals surface area contributed by atoms with Gasteiger partial charge in [-0.15, -0.1) is 11.3 Å². The number of nitrogens with one attached hydrogen (secondary N) is 2. The van der Waals surface area contributed by atoms with Crippen molar-refractivity contribution < 1.29 is 4.79 Å². The van der Waals surface area contributed by atoms with Crippen molar-refractivity contribution in [3.63, 3.8) is 0 Å². The number of piperazine rings is 1. The highest BCUT2D eigenvalue weighted by atomic mass is 32.1. The third kappa shape index (κ3) is 3.56. The number of carbonyl (C=O) groups is 1. The summed E-state index contributed by atoms with van der Waals surface area (Å²) in [6, 6.07) is 13.0. The first-order valence-corrected chi connectivity index (χ1v) is 12.4. The number of thiophene rings is 1. The maximum atomic E-state index is 13.3. The average molecular weight is 449 g/mol. The molecule has 1 amide bonds. The number of fused-ring (bicyclic) bond motifs is 2. The highest BCUT2D eigenvalue weighted by molar-refractivity contribution is 7.21. The molecule has 32 heavy (non-hydrogen) atoms. The van der Waals surface area contributed by atoms with Crippen LogP contribution in [0.25, 0.3) is 20.7 Å². The van der Waals surface area contributed by atoms with E-state index in [1.54, 1.807) is 17.7 Å². The van der Waals surface area contributed by atoms with Gasteiger partial charge in [0.05, 0.1) is 5.39 Å². The number of anilines is 1. The molecule has 7 nitrogen and oxygen atoms in total. The fourth-order valence-electron chi connectivity index (χ4n) is 5.46. The standard InChI is InChI=1S/C24H28N6OS/c31-24(21-17-8-4-5-9-19(17)27-28-21)30-12-10-29(11-13-30)22-18-14-20(16-6-2-1-3-7-16)32-23(18)26-15-25-22/h1-3,6-7,14-15,17,19,21,27-28H,4-5,8-13H2. The van der Waals surface area contributed by atoms with Gasteiger partial charge in [-0.2, -0.15) is 0 Å². The number of rotatable bonds is 3. The lowest BCUT2D eigenvalue weighted by Crippen LogP contribution is -2.55. The van der Waals surface area contributed by atoms with Gasteiger partial charge in [0.2, 0.25) is 5.91 Å². The lowest BCUT2D eigenvalue weighted by atomic mass is 9.81. The maximum Gasteiger partial charge on any atom is 0.241 e. The summed E-state index contributed by atoms with van der Waals surface area (Å²) in [5.74, 6) is 1.66. The topological polar surface area (TPSA) is 73.4 Å². The molecule has 3 unspecified atom stereocenters. The minimum atomic E-state index is -0.0806. The van der Waals surface area contributed by atoms with Crippen LogP contribution in [0.15, 0.2) is 42.7 Å². The van der Waals surface area contributed by atoms with Crippen LogP contribution in [-0.4, -0.2) is 59.0 Å². The molecule has 2 aliphatic heterocycles. The molecule has 4 heterocycles. The maximum absolute atomic E-state index is 13.3. The number of hydrogen-bond acceptors (Lipinski definition) is 7. The molecule has 3 atom stereocenters. The van der Waals surface area contributed by atoms with Crippen LogP contribution >= 0.6 is 11.3 Å². The third-order valence-corrected chi connectivity index (χ3v) is 8.29. The summed E-state index contributed by atoms with van der Waals surface area (Å²) >= 11 is 1.70. The molecule has 166 valence electrons. The van der Waals surface area contributed by atoms with E-state index in [1.807, 2.05) is 11.0 Å². The summed E-state index contributed by atoms with van der Waals surface area (Å²) in [4.78, 5) is 29.0. The number of hydrogen-bond donors (Lipinski definition) is 2. The highest BCUT2D eigenvalue weighted by Gasteiger charge is 2.43. The van der Waals surface area contributed by atoms with Crippen molar-refractivity contribution in [2.24, 2.45) is 5.92 Å². The van der Waals surface area contributed by atoms with Crippen LogP contribution in [-0.2, 0) is 4.79 Å². The van der Waals surface area contributed by atoms with Crippen LogP contribution in [0.1, 0.15) is 25.7 Å². The Hall–Kier alpha value is -2.55. The smallest absolute Gasteiger partial charge is 0.241 e. The summed E-state index contributed by atoms with van der Waals surface area (Å²) in [6.07, 6.45) is 6.47. The summed E-state index contributed by atoms with van der Waals surface area (Å²) in [7, 11) is 0. The molecule has 3 aromatic rings. The Morgan fingerprint density at radius 3 is 2.66 bits per heavy atom. The molecular formula is C24H28N6OS. The van der Waals surface area contributed by atoms with E-state index in [4.69, 9.17) is 0 Å². The Morgan fingerprint density at radius 1 is 1.00 bits per heavy atom. The van der Waals surface area contributed by atoms with Crippen molar-refractivity contribution in [3.8, 4) is 10.4 Å². The van der Waals surface area contributed by atoms with Gasteiger partial charge in [-0.1, -0.05) is 43.2 Å². The van der Waals surface area contributed by atoms with E-state index < -0.39 is 0 Å². The fourth-order valence-corrected chi connectivity index (χ4v) is 6.46. The number of hydrazine groups is 1. The molecule has 3 aliphatic rings. The van der Waals surface area contributed by atoms with Crippen LogP contribution in [0, 0.1) is 5.92 Å². The number of carbonyl (C=O) groups excluding carboxylic acids is 1. The second-order valence-electron chi connectivity index (χ2n) is 9.03. The highest BCUT2D eigenvalue weighted by Crippen LogP contribution is 2.36. The monoisotopic (exact) mass is 448 g/mol. The third-order valence-electron chi connectivity index (χ3n) is 7.20. The zero-order valence-corrected chi connectivity index (χ0v) is 18.9. The normalized spacial score (nSPS) is 25.8. The van der Waals surface area contributed by atoms with Crippen molar-refractivity contribution in [2.45, 2.75) is 37.8 Å². The quantitative estimate of drug-likeness (QED) is 0.642. The lowest BCUT2D eigenvalue weighted by molar-refractivity contribution is -0.134. The molecule has 6 rings (SSSR count). The van der Waals surface area contributed by atoms with Gasteiger partial charge in [-0.05, 0) is 24.5 Å². The van der Waals surface area contributed by atoms with E-state index in [0.29, 0.717) is 12.0 Å². The van der Waals surface area contributed by atoms with E-state index in [2.05, 4.69) is 56.1 Å². The number of nitrogens with zero attached hydrogens (tertiary/aromatic N) is 4. The fraction of sp³-hybridized carbons (Fsp3) is 0.458. The predicted molar refractivity (Wildman–Crippen MR) is 127 cm³/mol. The van der Waals surface area contributed by atoms with Gasteiger partial charge < -0.3 is 9.80 Å². The second kappa shape index (κ2) is 8.42. The molecule has 2 aromatic heterocycles. The van der Waals surface area contributed by atoms with Gasteiger partial charge in [-0.3, -0.25) is 10.2 Å². The predicted octanol–water partition coefficient (Wildman–Crippen LogP) is 3.04. The first kappa shape index (κ1) is 20.1. The molecule has 2 saturated heterocycles. The number of aromatic nitrogens is 2. The molecule has 8 heteroatoms. The summed E-state index contributed by atoms with van der Waals surface area (Å²) < 4.78 is 0. The van der Waals surface area contributed by atoms with Crippen molar-refractivity contribution in [3.05, 3.63) is 42.7 Å². The first-order valence-electron chi connectivity index (χ1n) is 11.6. The van der Waals surface area contributed by atoms with Gasteiger partial charge in [0, 0.05) is 43.0 Å². The van der Waals surface area contributed by atoms with Crippen LogP contribution in [0.4, 0.5) is 5.82 Å². The average Bonchev–Trinajstić information content (AvgIpc) is 3.49. The van der Waals surface area contributed by atoms with E-state index in [0.717, 1.165) is 48.6 Å². The van der Waals surface area contributed by atoms with E-state index in [9.17, 15) is 4.79 Å². The Morgan fingerprint density at radius 2 is 1.81 bits per heavy atom. The zero-order valence-electron chi connectivity index (χ0n) is 18.0. The van der Waals surface area contributed by atoms with Gasteiger partial charge in [-0.25, -0.2) is 15.4 Å². The van der Waals surface area contributed by atoms with Crippen molar-refractivity contribution >= 4 is 33.3 Å². The SMILES string of the molecule is O=C(C1NNC2CCCCC21)N1CCN(c2ncnc3sc(-c4ccccc4)cc23)CC1. The summed E-state index contributed by atoms with van der Waals surface area (Å²) in [5, 5.41) is 1.10. The largest absolute Gasteiger partial charge is 0.352 e. The van der Waals surface area contributed by atoms with Crippen LogP contribution < -0.4 is 15.8 Å². The van der Waals surface area contributed by atoms with Crippen molar-refractivity contribution in [2.75, 3.05) is 31.1 Å². The molecule has 1 saturated carbocycles. The van der Waals surface area contributed by atoms with E-state index in [-0.39, 0.29) is 11.9 Å². The molecule has 0 bridgehead atoms. The Balaban J connectivity index is 1.17. The van der Waals surface area contributed by atoms with Crippen LogP contribution in [0.3, 0.4) is 0 Å². The van der Waals surface area contributed by atoms with Crippen molar-refractivity contribution in [1.82, 2.24) is 25.7 Å². The lowest BCUT2D eigenvalue weighted by Gasteiger charge is -2.37. The Kier molecular flexibility index (Phi) is 5.29. The van der Waals surface area contributed by atoms with Crippen LogP contribution in [0.2, 0.25) is 0 Å². The van der Waals surface area contributed by atoms with Gasteiger partial charge in [0.25, 0.3) is 0 Å². The molecule has 3 fully saturated rings. The second-order valence-corrected chi connectivity index (χ2v) is 10.1. The Bertz CT molecular complexity index is 1110. The van der Waals surface area contributed by atoms with Gasteiger partial charge in [0.15, 0.2) is 0 Å². The van der Waals surface area contributed by atoms with Gasteiger partial charge >= 0.3 is 0 Å². The molecule has 2 N–H and O–H groups in total. The minimum Gasteiger partial charge on any atom is -0.352 e. The molecule has 0 radical (unpaired) electrons. The zero-order chi connectivity index (χ0) is 21.5. The number of amides is 1. The first-order chi connectivity index (χ1) is 15.8. The Labute approximate surface area is 191 Å². The summed E-state index contributed by atoms with van der Waals surface area (Å²) in [6.45, 7) is 3.05. The molecular weight excluding hydrogens is 420 g/mol. The minimum absolute atomic E-state index is 0.0806. The van der Waals surface area contributed by atoms with E-state index in [1.165, 1.54) is 29.7 Å². The summed E-state index contributed by atoms with van der Waals surface area (Å²) in [5.41, 5.74) is 7.89. The van der Waals surface area contributed by atoms with E-state index >= 15 is 0 Å². The molecule has 0 spiro atoms. The molecule has 1 aliphatic carbocycles. The number of benzene rings is 1. The van der Waals surface area contributed by atoms with Crippen molar-refractivity contribution in [1.29, 1.82) is 0 Å². The van der Waals surface area contributed by atoms with Gasteiger partial charge in [0.1, 0.15) is 23.0 Å².